The van der Waals surface area contributed by atoms with Gasteiger partial charge in [-0.3, -0.25) is 14.9 Å². The predicted octanol–water partition coefficient (Wildman–Crippen LogP) is 1.73. The second kappa shape index (κ2) is 4.94. The number of non-ortho nitro benzene ring substituents is 1. The number of nitro groups is 1. The van der Waals surface area contributed by atoms with Gasteiger partial charge >= 0.3 is 5.97 Å². The number of aliphatic carboxylic acids is 1. The van der Waals surface area contributed by atoms with E-state index in [-0.39, 0.29) is 12.1 Å². The molecule has 1 aromatic rings. The Balaban J connectivity index is 2.94. The molecule has 0 amide bonds. The van der Waals surface area contributed by atoms with Crippen molar-refractivity contribution in [1.29, 1.82) is 0 Å². The van der Waals surface area contributed by atoms with Gasteiger partial charge in [0.2, 0.25) is 0 Å². The minimum atomic E-state index is -0.993. The van der Waals surface area contributed by atoms with E-state index in [0.29, 0.717) is 11.1 Å². The summed E-state index contributed by atoms with van der Waals surface area (Å²) in [6.07, 6.45) is -0.240. The third kappa shape index (κ3) is 3.10. The molecule has 0 bridgehead atoms. The van der Waals surface area contributed by atoms with Gasteiger partial charge in [-0.25, -0.2) is 0 Å². The summed E-state index contributed by atoms with van der Waals surface area (Å²) in [5, 5.41) is 18.8. The van der Waals surface area contributed by atoms with E-state index in [1.165, 1.54) is 18.2 Å². The molecule has 0 aliphatic carbocycles. The van der Waals surface area contributed by atoms with E-state index < -0.39 is 10.9 Å². The summed E-state index contributed by atoms with van der Waals surface area (Å²) in [5.41, 5.74) is 1.26. The molecule has 0 saturated carbocycles. The number of hydrogen-bond donors (Lipinski definition) is 1. The van der Waals surface area contributed by atoms with Crippen molar-refractivity contribution >= 4 is 11.7 Å². The Labute approximate surface area is 91.9 Å². The topological polar surface area (TPSA) is 80.4 Å². The van der Waals surface area contributed by atoms with Crippen LogP contribution < -0.4 is 0 Å². The summed E-state index contributed by atoms with van der Waals surface area (Å²) < 4.78 is 0. The first-order valence-corrected chi connectivity index (χ1v) is 4.46. The van der Waals surface area contributed by atoms with Gasteiger partial charge in [-0.1, -0.05) is 11.8 Å². The molecule has 0 aliphatic rings. The highest BCUT2D eigenvalue weighted by atomic mass is 16.6. The SMILES string of the molecule is Cc1cc([N+](=O)[O-])ccc1C#CCC(=O)O. The smallest absolute Gasteiger partial charge is 0.315 e. The second-order valence-corrected chi connectivity index (χ2v) is 3.13. The number of carbonyl (C=O) groups is 1. The fourth-order valence-electron chi connectivity index (χ4n) is 1.12. The lowest BCUT2D eigenvalue weighted by Gasteiger charge is -1.97. The lowest BCUT2D eigenvalue weighted by molar-refractivity contribution is -0.384. The summed E-state index contributed by atoms with van der Waals surface area (Å²) in [4.78, 5) is 20.2. The Hall–Kier alpha value is -2.35. The van der Waals surface area contributed by atoms with Crippen LogP contribution in [0.1, 0.15) is 17.5 Å². The van der Waals surface area contributed by atoms with Gasteiger partial charge in [0, 0.05) is 17.7 Å². The van der Waals surface area contributed by atoms with E-state index in [4.69, 9.17) is 5.11 Å². The van der Waals surface area contributed by atoms with Crippen LogP contribution in [0.5, 0.6) is 0 Å². The van der Waals surface area contributed by atoms with Gasteiger partial charge in [-0.2, -0.15) is 0 Å². The molecule has 0 unspecified atom stereocenters. The van der Waals surface area contributed by atoms with Crippen LogP contribution in [0.25, 0.3) is 0 Å². The fraction of sp³-hybridized carbons (Fsp3) is 0.182. The standard InChI is InChI=1S/C11H9NO4/c1-8-7-10(12(15)16)6-5-9(8)3-2-4-11(13)14/h5-7H,4H2,1H3,(H,13,14). The van der Waals surface area contributed by atoms with E-state index in [9.17, 15) is 14.9 Å². The zero-order valence-electron chi connectivity index (χ0n) is 8.56. The molecule has 0 radical (unpaired) electrons. The number of hydrogen-bond acceptors (Lipinski definition) is 3. The van der Waals surface area contributed by atoms with Gasteiger partial charge in [-0.05, 0) is 18.6 Å². The highest BCUT2D eigenvalue weighted by Crippen LogP contribution is 2.16. The van der Waals surface area contributed by atoms with Crippen LogP contribution in [-0.4, -0.2) is 16.0 Å². The molecule has 5 nitrogen and oxygen atoms in total. The summed E-state index contributed by atoms with van der Waals surface area (Å²) in [5.74, 6) is 4.13. The Morgan fingerprint density at radius 3 is 2.75 bits per heavy atom. The Morgan fingerprint density at radius 2 is 2.25 bits per heavy atom. The first-order chi connectivity index (χ1) is 7.50. The minimum absolute atomic E-state index is 0.00119. The Morgan fingerprint density at radius 1 is 1.56 bits per heavy atom. The Kier molecular flexibility index (Phi) is 3.62. The number of rotatable bonds is 2. The van der Waals surface area contributed by atoms with Crippen LogP contribution in [-0.2, 0) is 4.79 Å². The number of aryl methyl sites for hydroxylation is 1. The normalized spacial score (nSPS) is 9.06. The van der Waals surface area contributed by atoms with E-state index >= 15 is 0 Å². The fourth-order valence-corrected chi connectivity index (χ4v) is 1.12. The average Bonchev–Trinajstić information content (AvgIpc) is 2.19. The van der Waals surface area contributed by atoms with Crippen molar-refractivity contribution in [3.8, 4) is 11.8 Å². The molecule has 1 aromatic carbocycles. The number of nitrogens with zero attached hydrogens (tertiary/aromatic N) is 1. The van der Waals surface area contributed by atoms with E-state index in [1.54, 1.807) is 6.92 Å². The van der Waals surface area contributed by atoms with Crippen molar-refractivity contribution in [3.63, 3.8) is 0 Å². The molecule has 1 rings (SSSR count). The first-order valence-electron chi connectivity index (χ1n) is 4.46. The molecule has 82 valence electrons. The van der Waals surface area contributed by atoms with Gasteiger partial charge in [0.05, 0.1) is 4.92 Å². The van der Waals surface area contributed by atoms with Crippen LogP contribution in [0.2, 0.25) is 0 Å². The van der Waals surface area contributed by atoms with Crippen LogP contribution in [0.15, 0.2) is 18.2 Å². The van der Waals surface area contributed by atoms with Gasteiger partial charge in [0.15, 0.2) is 0 Å². The monoisotopic (exact) mass is 219 g/mol. The predicted molar refractivity (Wildman–Crippen MR) is 57.0 cm³/mol. The molecule has 16 heavy (non-hydrogen) atoms. The molecule has 0 atom stereocenters. The molecule has 5 heteroatoms. The minimum Gasteiger partial charge on any atom is -0.481 e. The van der Waals surface area contributed by atoms with E-state index in [1.807, 2.05) is 0 Å². The van der Waals surface area contributed by atoms with Crippen molar-refractivity contribution in [2.75, 3.05) is 0 Å². The lowest BCUT2D eigenvalue weighted by atomic mass is 10.1. The maximum Gasteiger partial charge on any atom is 0.315 e. The zero-order valence-corrected chi connectivity index (χ0v) is 8.56. The van der Waals surface area contributed by atoms with E-state index in [2.05, 4.69) is 11.8 Å². The quantitative estimate of drug-likeness (QED) is 0.466. The zero-order chi connectivity index (χ0) is 12.1. The third-order valence-electron chi connectivity index (χ3n) is 1.88. The molecule has 1 N–H and O–H groups in total. The first kappa shape index (κ1) is 11.7. The van der Waals surface area contributed by atoms with Gasteiger partial charge in [0.1, 0.15) is 6.42 Å². The van der Waals surface area contributed by atoms with Crippen molar-refractivity contribution in [2.45, 2.75) is 13.3 Å². The maximum absolute atomic E-state index is 10.5. The van der Waals surface area contributed by atoms with Crippen molar-refractivity contribution in [3.05, 3.63) is 39.4 Å². The molecule has 0 aromatic heterocycles. The summed E-state index contributed by atoms with van der Waals surface area (Å²) in [6.45, 7) is 1.69. The molecule has 0 fully saturated rings. The van der Waals surface area contributed by atoms with Gasteiger partial charge < -0.3 is 5.11 Å². The van der Waals surface area contributed by atoms with Crippen molar-refractivity contribution in [1.82, 2.24) is 0 Å². The van der Waals surface area contributed by atoms with Gasteiger partial charge in [-0.15, -0.1) is 0 Å². The molecular formula is C11H9NO4. The highest BCUT2D eigenvalue weighted by molar-refractivity contribution is 5.70. The molecule has 0 spiro atoms. The largest absolute Gasteiger partial charge is 0.481 e. The highest BCUT2D eigenvalue weighted by Gasteiger charge is 2.06. The van der Waals surface area contributed by atoms with Crippen molar-refractivity contribution in [2.24, 2.45) is 0 Å². The Bertz CT molecular complexity index is 496. The van der Waals surface area contributed by atoms with Crippen LogP contribution >= 0.6 is 0 Å². The molecule has 0 aliphatic heterocycles. The number of carboxylic acid groups (broad SMARTS) is 1. The number of carboxylic acids is 1. The average molecular weight is 219 g/mol. The maximum atomic E-state index is 10.5. The van der Waals surface area contributed by atoms with Crippen LogP contribution in [0, 0.1) is 28.9 Å². The summed E-state index contributed by atoms with van der Waals surface area (Å²) >= 11 is 0. The number of nitro benzene ring substituents is 1. The molecular weight excluding hydrogens is 210 g/mol. The van der Waals surface area contributed by atoms with Crippen LogP contribution in [0.4, 0.5) is 5.69 Å². The van der Waals surface area contributed by atoms with Crippen molar-refractivity contribution < 1.29 is 14.8 Å². The lowest BCUT2D eigenvalue weighted by Crippen LogP contribution is -1.92. The van der Waals surface area contributed by atoms with E-state index in [0.717, 1.165) is 0 Å². The third-order valence-corrected chi connectivity index (χ3v) is 1.88. The molecule has 0 saturated heterocycles. The van der Waals surface area contributed by atoms with Gasteiger partial charge in [0.25, 0.3) is 5.69 Å². The van der Waals surface area contributed by atoms with Crippen LogP contribution in [0.3, 0.4) is 0 Å². The number of benzene rings is 1. The summed E-state index contributed by atoms with van der Waals surface area (Å²) in [6, 6.07) is 4.27. The second-order valence-electron chi connectivity index (χ2n) is 3.13. The summed E-state index contributed by atoms with van der Waals surface area (Å²) in [7, 11) is 0. The molecule has 0 heterocycles.